The van der Waals surface area contributed by atoms with Crippen molar-refractivity contribution in [3.63, 3.8) is 0 Å². The first-order valence-electron chi connectivity index (χ1n) is 9.78. The number of aryl methyl sites for hydroxylation is 2. The summed E-state index contributed by atoms with van der Waals surface area (Å²) in [4.78, 5) is 17.2. The minimum absolute atomic E-state index is 0.0973. The molecular formula is C24H25N3OS. The number of pyridine rings is 1. The lowest BCUT2D eigenvalue weighted by atomic mass is 10.0. The van der Waals surface area contributed by atoms with Gasteiger partial charge in [0.2, 0.25) is 5.91 Å². The van der Waals surface area contributed by atoms with Crippen LogP contribution < -0.4 is 5.32 Å². The molecule has 0 radical (unpaired) electrons. The molecule has 0 aliphatic rings. The zero-order valence-electron chi connectivity index (χ0n) is 17.2. The molecule has 2 aromatic carbocycles. The van der Waals surface area contributed by atoms with Crippen molar-refractivity contribution in [3.8, 4) is 6.07 Å². The van der Waals surface area contributed by atoms with E-state index < -0.39 is 0 Å². The lowest BCUT2D eigenvalue weighted by molar-refractivity contribution is -0.113. The van der Waals surface area contributed by atoms with Crippen LogP contribution in [0, 0.1) is 18.3 Å². The molecule has 1 N–H and O–H groups in total. The molecule has 0 aliphatic carbocycles. The lowest BCUT2D eigenvalue weighted by Crippen LogP contribution is -2.16. The van der Waals surface area contributed by atoms with Crippen molar-refractivity contribution in [2.45, 2.75) is 45.1 Å². The predicted octanol–water partition coefficient (Wildman–Crippen LogP) is 5.83. The van der Waals surface area contributed by atoms with Gasteiger partial charge in [0.05, 0.1) is 16.8 Å². The number of benzene rings is 2. The summed E-state index contributed by atoms with van der Waals surface area (Å²) in [5.41, 5.74) is 5.60. The van der Waals surface area contributed by atoms with Gasteiger partial charge in [-0.15, -0.1) is 0 Å². The van der Waals surface area contributed by atoms with Gasteiger partial charge >= 0.3 is 0 Å². The van der Waals surface area contributed by atoms with E-state index in [1.807, 2.05) is 37.3 Å². The summed E-state index contributed by atoms with van der Waals surface area (Å²) in [5, 5.41) is 14.1. The highest BCUT2D eigenvalue weighted by atomic mass is 32.2. The van der Waals surface area contributed by atoms with Gasteiger partial charge in [-0.25, -0.2) is 4.98 Å². The van der Waals surface area contributed by atoms with Crippen molar-refractivity contribution in [1.82, 2.24) is 4.98 Å². The first kappa shape index (κ1) is 20.9. The van der Waals surface area contributed by atoms with Gasteiger partial charge in [-0.2, -0.15) is 5.26 Å². The Hall–Kier alpha value is -2.84. The van der Waals surface area contributed by atoms with Crippen molar-refractivity contribution in [3.05, 3.63) is 64.7 Å². The standard InChI is InChI=1S/C24H25N3OS/c1-5-17-8-6-7-16(4)23(17)27-22(28)14-29-24-20(13-25)12-19-11-18(15(2)3)9-10-21(19)26-24/h6-12,15H,5,14H2,1-4H3,(H,27,28). The summed E-state index contributed by atoms with van der Waals surface area (Å²) in [6.45, 7) is 8.34. The fourth-order valence-corrected chi connectivity index (χ4v) is 4.00. The van der Waals surface area contributed by atoms with E-state index in [0.717, 1.165) is 34.1 Å². The van der Waals surface area contributed by atoms with Gasteiger partial charge in [0.15, 0.2) is 0 Å². The van der Waals surface area contributed by atoms with Crippen LogP contribution in [0.1, 0.15) is 48.9 Å². The number of carbonyl (C=O) groups excluding carboxylic acids is 1. The first-order chi connectivity index (χ1) is 13.9. The van der Waals surface area contributed by atoms with Gasteiger partial charge in [0.1, 0.15) is 11.1 Å². The Bertz CT molecular complexity index is 1100. The van der Waals surface area contributed by atoms with Crippen molar-refractivity contribution >= 4 is 34.3 Å². The molecule has 148 valence electrons. The number of fused-ring (bicyclic) bond motifs is 1. The van der Waals surface area contributed by atoms with E-state index in [2.05, 4.69) is 49.3 Å². The largest absolute Gasteiger partial charge is 0.325 e. The molecule has 3 rings (SSSR count). The predicted molar refractivity (Wildman–Crippen MR) is 120 cm³/mol. The quantitative estimate of drug-likeness (QED) is 0.526. The summed E-state index contributed by atoms with van der Waals surface area (Å²) in [6.07, 6.45) is 0.855. The van der Waals surface area contributed by atoms with Crippen LogP contribution in [0.5, 0.6) is 0 Å². The Balaban J connectivity index is 1.79. The number of thioether (sulfide) groups is 1. The van der Waals surface area contributed by atoms with Crippen LogP contribution in [-0.4, -0.2) is 16.6 Å². The molecule has 1 aromatic heterocycles. The highest BCUT2D eigenvalue weighted by Gasteiger charge is 2.13. The lowest BCUT2D eigenvalue weighted by Gasteiger charge is -2.13. The van der Waals surface area contributed by atoms with Gasteiger partial charge in [-0.05, 0) is 54.2 Å². The molecule has 0 bridgehead atoms. The highest BCUT2D eigenvalue weighted by Crippen LogP contribution is 2.28. The summed E-state index contributed by atoms with van der Waals surface area (Å²) >= 11 is 1.30. The smallest absolute Gasteiger partial charge is 0.234 e. The molecule has 0 saturated heterocycles. The van der Waals surface area contributed by atoms with Crippen LogP contribution in [0.2, 0.25) is 0 Å². The SMILES string of the molecule is CCc1cccc(C)c1NC(=O)CSc1nc2ccc(C(C)C)cc2cc1C#N. The molecule has 5 heteroatoms. The molecule has 4 nitrogen and oxygen atoms in total. The Labute approximate surface area is 176 Å². The number of anilines is 1. The Morgan fingerprint density at radius 1 is 1.24 bits per heavy atom. The average molecular weight is 404 g/mol. The molecule has 0 saturated carbocycles. The zero-order chi connectivity index (χ0) is 21.0. The van der Waals surface area contributed by atoms with E-state index in [4.69, 9.17) is 0 Å². The van der Waals surface area contributed by atoms with Gasteiger partial charge in [-0.1, -0.05) is 56.8 Å². The molecule has 0 spiro atoms. The van der Waals surface area contributed by atoms with Crippen molar-refractivity contribution in [2.24, 2.45) is 0 Å². The fourth-order valence-electron chi connectivity index (χ4n) is 3.24. The van der Waals surface area contributed by atoms with Crippen molar-refractivity contribution in [2.75, 3.05) is 11.1 Å². The third-order valence-electron chi connectivity index (χ3n) is 4.94. The number of hydrogen-bond acceptors (Lipinski definition) is 4. The molecule has 0 fully saturated rings. The Morgan fingerprint density at radius 2 is 2.03 bits per heavy atom. The van der Waals surface area contributed by atoms with Gasteiger partial charge in [0, 0.05) is 11.1 Å². The molecule has 0 unspecified atom stereocenters. The number of hydrogen-bond donors (Lipinski definition) is 1. The van der Waals surface area contributed by atoms with E-state index in [-0.39, 0.29) is 11.7 Å². The molecule has 0 aliphatic heterocycles. The van der Waals surface area contributed by atoms with E-state index >= 15 is 0 Å². The third-order valence-corrected chi connectivity index (χ3v) is 5.93. The Morgan fingerprint density at radius 3 is 2.72 bits per heavy atom. The summed E-state index contributed by atoms with van der Waals surface area (Å²) in [6, 6.07) is 16.2. The maximum absolute atomic E-state index is 12.5. The van der Waals surface area contributed by atoms with Crippen LogP contribution in [0.25, 0.3) is 10.9 Å². The van der Waals surface area contributed by atoms with E-state index in [9.17, 15) is 10.1 Å². The third kappa shape index (κ3) is 4.78. The maximum Gasteiger partial charge on any atom is 0.234 e. The molecule has 1 heterocycles. The number of rotatable bonds is 6. The fraction of sp³-hybridized carbons (Fsp3) is 0.292. The summed E-state index contributed by atoms with van der Waals surface area (Å²) < 4.78 is 0. The highest BCUT2D eigenvalue weighted by molar-refractivity contribution is 8.00. The van der Waals surface area contributed by atoms with Gasteiger partial charge in [0.25, 0.3) is 0 Å². The van der Waals surface area contributed by atoms with Crippen LogP contribution in [0.3, 0.4) is 0 Å². The normalized spacial score (nSPS) is 10.9. The van der Waals surface area contributed by atoms with Crippen molar-refractivity contribution < 1.29 is 4.79 Å². The molecule has 3 aromatic rings. The van der Waals surface area contributed by atoms with E-state index in [1.165, 1.54) is 17.3 Å². The topological polar surface area (TPSA) is 65.8 Å². The van der Waals surface area contributed by atoms with Gasteiger partial charge in [-0.3, -0.25) is 4.79 Å². The maximum atomic E-state index is 12.5. The second-order valence-corrected chi connectivity index (χ2v) is 8.32. The molecule has 1 amide bonds. The summed E-state index contributed by atoms with van der Waals surface area (Å²) in [7, 11) is 0. The molecule has 0 atom stereocenters. The number of nitriles is 1. The Kier molecular flexibility index (Phi) is 6.56. The second-order valence-electron chi connectivity index (χ2n) is 7.36. The van der Waals surface area contributed by atoms with Crippen LogP contribution in [-0.2, 0) is 11.2 Å². The van der Waals surface area contributed by atoms with Crippen LogP contribution in [0.4, 0.5) is 5.69 Å². The number of para-hydroxylation sites is 1. The van der Waals surface area contributed by atoms with Crippen molar-refractivity contribution in [1.29, 1.82) is 5.26 Å². The second kappa shape index (κ2) is 9.11. The van der Waals surface area contributed by atoms with E-state index in [1.54, 1.807) is 0 Å². The number of amides is 1. The number of nitrogens with one attached hydrogen (secondary N) is 1. The van der Waals surface area contributed by atoms with Crippen LogP contribution in [0.15, 0.2) is 47.5 Å². The number of carbonyl (C=O) groups is 1. The monoisotopic (exact) mass is 403 g/mol. The molecule has 29 heavy (non-hydrogen) atoms. The van der Waals surface area contributed by atoms with E-state index in [0.29, 0.717) is 16.5 Å². The number of aromatic nitrogens is 1. The minimum atomic E-state index is -0.0973. The minimum Gasteiger partial charge on any atom is -0.325 e. The number of nitrogens with zero attached hydrogens (tertiary/aromatic N) is 2. The summed E-state index contributed by atoms with van der Waals surface area (Å²) in [5.74, 6) is 0.520. The zero-order valence-corrected chi connectivity index (χ0v) is 18.1. The van der Waals surface area contributed by atoms with Gasteiger partial charge < -0.3 is 5.32 Å². The molecular weight excluding hydrogens is 378 g/mol. The average Bonchev–Trinajstić information content (AvgIpc) is 2.72. The first-order valence-corrected chi connectivity index (χ1v) is 10.8. The van der Waals surface area contributed by atoms with Crippen LogP contribution >= 0.6 is 11.8 Å².